The summed E-state index contributed by atoms with van der Waals surface area (Å²) in [7, 11) is 1.92. The van der Waals surface area contributed by atoms with Gasteiger partial charge in [0, 0.05) is 11.9 Å². The summed E-state index contributed by atoms with van der Waals surface area (Å²) in [6.45, 7) is 4.83. The molecule has 86 valence electrons. The van der Waals surface area contributed by atoms with Gasteiger partial charge < -0.3 is 14.5 Å². The molecule has 0 aliphatic heterocycles. The van der Waals surface area contributed by atoms with Crippen LogP contribution in [0.4, 0.5) is 0 Å². The SMILES string of the molecule is CNC[C@@H](C)Oc1ccc2oc(C)cc2c1. The van der Waals surface area contributed by atoms with Gasteiger partial charge in [0.1, 0.15) is 23.2 Å². The third-order valence-electron chi connectivity index (χ3n) is 2.44. The van der Waals surface area contributed by atoms with E-state index in [9.17, 15) is 0 Å². The minimum Gasteiger partial charge on any atom is -0.489 e. The van der Waals surface area contributed by atoms with Crippen molar-refractivity contribution < 1.29 is 9.15 Å². The number of rotatable bonds is 4. The fraction of sp³-hybridized carbons (Fsp3) is 0.385. The molecule has 0 unspecified atom stereocenters. The lowest BCUT2D eigenvalue weighted by Gasteiger charge is -2.13. The summed E-state index contributed by atoms with van der Waals surface area (Å²) >= 11 is 0. The number of ether oxygens (including phenoxy) is 1. The molecule has 0 fully saturated rings. The van der Waals surface area contributed by atoms with Crippen LogP contribution in [0.2, 0.25) is 0 Å². The van der Waals surface area contributed by atoms with Crippen LogP contribution in [0, 0.1) is 6.92 Å². The van der Waals surface area contributed by atoms with Gasteiger partial charge in [0.25, 0.3) is 0 Å². The summed E-state index contributed by atoms with van der Waals surface area (Å²) in [6.07, 6.45) is 0.162. The fourth-order valence-electron chi connectivity index (χ4n) is 1.79. The molecule has 0 saturated heterocycles. The molecule has 3 heteroatoms. The zero-order chi connectivity index (χ0) is 11.5. The molecular formula is C13H17NO2. The second kappa shape index (κ2) is 4.58. The van der Waals surface area contributed by atoms with Crippen molar-refractivity contribution in [2.75, 3.05) is 13.6 Å². The first-order chi connectivity index (χ1) is 7.69. The number of hydrogen-bond acceptors (Lipinski definition) is 3. The summed E-state index contributed by atoms with van der Waals surface area (Å²) < 4.78 is 11.3. The van der Waals surface area contributed by atoms with E-state index in [-0.39, 0.29) is 6.10 Å². The molecule has 2 rings (SSSR count). The van der Waals surface area contributed by atoms with Gasteiger partial charge in [-0.3, -0.25) is 0 Å². The number of benzene rings is 1. The Balaban J connectivity index is 2.18. The van der Waals surface area contributed by atoms with E-state index in [1.165, 1.54) is 0 Å². The van der Waals surface area contributed by atoms with Crippen LogP contribution in [0.15, 0.2) is 28.7 Å². The zero-order valence-electron chi connectivity index (χ0n) is 9.91. The Morgan fingerprint density at radius 1 is 1.38 bits per heavy atom. The van der Waals surface area contributed by atoms with E-state index >= 15 is 0 Å². The minimum atomic E-state index is 0.162. The van der Waals surface area contributed by atoms with Crippen molar-refractivity contribution in [3.63, 3.8) is 0 Å². The van der Waals surface area contributed by atoms with Crippen LogP contribution in [0.3, 0.4) is 0 Å². The van der Waals surface area contributed by atoms with Crippen LogP contribution in [-0.2, 0) is 0 Å². The number of fused-ring (bicyclic) bond motifs is 1. The van der Waals surface area contributed by atoms with Gasteiger partial charge in [0.15, 0.2) is 0 Å². The van der Waals surface area contributed by atoms with E-state index in [1.807, 2.05) is 45.2 Å². The molecule has 1 N–H and O–H groups in total. The van der Waals surface area contributed by atoms with Crippen LogP contribution in [0.5, 0.6) is 5.75 Å². The Labute approximate surface area is 95.4 Å². The molecule has 0 bridgehead atoms. The third-order valence-corrected chi connectivity index (χ3v) is 2.44. The standard InChI is InChI=1S/C13H17NO2/c1-9-6-11-7-12(4-5-13(11)16-9)15-10(2)8-14-3/h4-7,10,14H,8H2,1-3H3/t10-/m1/s1. The number of likely N-dealkylation sites (N-methyl/N-ethyl adjacent to an activating group) is 1. The van der Waals surface area contributed by atoms with E-state index < -0.39 is 0 Å². The molecule has 0 amide bonds. The molecule has 0 spiro atoms. The molecular weight excluding hydrogens is 202 g/mol. The Hall–Kier alpha value is -1.48. The van der Waals surface area contributed by atoms with Crippen molar-refractivity contribution in [3.8, 4) is 5.75 Å². The number of hydrogen-bond donors (Lipinski definition) is 1. The van der Waals surface area contributed by atoms with Gasteiger partial charge in [0.05, 0.1) is 0 Å². The smallest absolute Gasteiger partial charge is 0.134 e. The van der Waals surface area contributed by atoms with Crippen LogP contribution < -0.4 is 10.1 Å². The second-order valence-electron chi connectivity index (χ2n) is 4.04. The fourth-order valence-corrected chi connectivity index (χ4v) is 1.79. The summed E-state index contributed by atoms with van der Waals surface area (Å²) in [5.74, 6) is 1.81. The summed E-state index contributed by atoms with van der Waals surface area (Å²) in [5.41, 5.74) is 0.908. The Kier molecular flexibility index (Phi) is 3.15. The Bertz CT molecular complexity index is 476. The highest BCUT2D eigenvalue weighted by Crippen LogP contribution is 2.24. The van der Waals surface area contributed by atoms with Crippen LogP contribution >= 0.6 is 0 Å². The molecule has 0 aliphatic carbocycles. The van der Waals surface area contributed by atoms with Crippen molar-refractivity contribution in [2.45, 2.75) is 20.0 Å². The largest absolute Gasteiger partial charge is 0.489 e. The normalized spacial score (nSPS) is 12.9. The van der Waals surface area contributed by atoms with E-state index in [0.29, 0.717) is 0 Å². The van der Waals surface area contributed by atoms with Gasteiger partial charge in [-0.05, 0) is 45.2 Å². The van der Waals surface area contributed by atoms with Crippen molar-refractivity contribution in [3.05, 3.63) is 30.0 Å². The van der Waals surface area contributed by atoms with E-state index in [2.05, 4.69) is 5.32 Å². The summed E-state index contributed by atoms with van der Waals surface area (Å²) in [4.78, 5) is 0. The number of nitrogens with one attached hydrogen (secondary N) is 1. The zero-order valence-corrected chi connectivity index (χ0v) is 9.91. The van der Waals surface area contributed by atoms with E-state index in [4.69, 9.17) is 9.15 Å². The molecule has 0 radical (unpaired) electrons. The molecule has 1 aromatic heterocycles. The average Bonchev–Trinajstić information content (AvgIpc) is 2.57. The Morgan fingerprint density at radius 2 is 2.19 bits per heavy atom. The molecule has 1 aromatic carbocycles. The molecule has 1 atom stereocenters. The predicted octanol–water partition coefficient (Wildman–Crippen LogP) is 2.73. The average molecular weight is 219 g/mol. The topological polar surface area (TPSA) is 34.4 Å². The third kappa shape index (κ3) is 2.36. The van der Waals surface area contributed by atoms with Crippen molar-refractivity contribution in [1.82, 2.24) is 5.32 Å². The molecule has 0 aliphatic rings. The van der Waals surface area contributed by atoms with E-state index in [1.54, 1.807) is 0 Å². The quantitative estimate of drug-likeness (QED) is 0.858. The molecule has 16 heavy (non-hydrogen) atoms. The number of aryl methyl sites for hydroxylation is 1. The maximum absolute atomic E-state index is 5.77. The van der Waals surface area contributed by atoms with Gasteiger partial charge in [-0.1, -0.05) is 0 Å². The maximum Gasteiger partial charge on any atom is 0.134 e. The highest BCUT2D eigenvalue weighted by atomic mass is 16.5. The van der Waals surface area contributed by atoms with Gasteiger partial charge in [-0.2, -0.15) is 0 Å². The summed E-state index contributed by atoms with van der Waals surface area (Å²) in [6, 6.07) is 7.92. The molecule has 2 aromatic rings. The monoisotopic (exact) mass is 219 g/mol. The molecule has 3 nitrogen and oxygen atoms in total. The van der Waals surface area contributed by atoms with E-state index in [0.717, 1.165) is 29.0 Å². The highest BCUT2D eigenvalue weighted by Gasteiger charge is 2.05. The van der Waals surface area contributed by atoms with Crippen LogP contribution in [0.25, 0.3) is 11.0 Å². The van der Waals surface area contributed by atoms with Gasteiger partial charge in [-0.15, -0.1) is 0 Å². The van der Waals surface area contributed by atoms with Gasteiger partial charge in [0.2, 0.25) is 0 Å². The lowest BCUT2D eigenvalue weighted by molar-refractivity contribution is 0.221. The minimum absolute atomic E-state index is 0.162. The van der Waals surface area contributed by atoms with Crippen molar-refractivity contribution >= 4 is 11.0 Å². The number of furan rings is 1. The highest BCUT2D eigenvalue weighted by molar-refractivity contribution is 5.79. The van der Waals surface area contributed by atoms with Crippen LogP contribution in [0.1, 0.15) is 12.7 Å². The van der Waals surface area contributed by atoms with Crippen LogP contribution in [-0.4, -0.2) is 19.7 Å². The van der Waals surface area contributed by atoms with Crippen molar-refractivity contribution in [2.24, 2.45) is 0 Å². The maximum atomic E-state index is 5.77. The lowest BCUT2D eigenvalue weighted by Crippen LogP contribution is -2.25. The first-order valence-corrected chi connectivity index (χ1v) is 5.50. The summed E-state index contributed by atoms with van der Waals surface area (Å²) in [5, 5.41) is 4.17. The predicted molar refractivity (Wildman–Crippen MR) is 65.0 cm³/mol. The second-order valence-corrected chi connectivity index (χ2v) is 4.04. The first-order valence-electron chi connectivity index (χ1n) is 5.50. The van der Waals surface area contributed by atoms with Crippen molar-refractivity contribution in [1.29, 1.82) is 0 Å². The molecule has 1 heterocycles. The van der Waals surface area contributed by atoms with Gasteiger partial charge >= 0.3 is 0 Å². The Morgan fingerprint density at radius 3 is 2.94 bits per heavy atom. The molecule has 0 saturated carbocycles. The van der Waals surface area contributed by atoms with Gasteiger partial charge in [-0.25, -0.2) is 0 Å². The lowest BCUT2D eigenvalue weighted by atomic mass is 10.2. The first kappa shape index (κ1) is 11.0.